The fraction of sp³-hybridized carbons (Fsp3) is 0.327. The van der Waals surface area contributed by atoms with E-state index >= 15 is 0 Å². The molecular weight excluding hydrogens is 999 g/mol. The van der Waals surface area contributed by atoms with Gasteiger partial charge in [0.2, 0.25) is 5.91 Å². The van der Waals surface area contributed by atoms with Gasteiger partial charge in [-0.1, -0.05) is 63.1 Å². The molecule has 5 aromatic carbocycles. The molecule has 4 aliphatic rings. The molecule has 9 rings (SSSR count). The maximum Gasteiger partial charge on any atom is 0.327 e. The maximum atomic E-state index is 14.1. The Balaban J connectivity index is 0.916. The average molecular weight is 1060 g/mol. The summed E-state index contributed by atoms with van der Waals surface area (Å²) in [5.41, 5.74) is 7.74. The fourth-order valence-electron chi connectivity index (χ4n) is 9.45. The number of nitrogens with zero attached hydrogens (tertiary/aromatic N) is 4. The van der Waals surface area contributed by atoms with Gasteiger partial charge in [-0.25, -0.2) is 4.79 Å². The van der Waals surface area contributed by atoms with E-state index in [0.29, 0.717) is 81.7 Å². The Morgan fingerprint density at radius 3 is 2.16 bits per heavy atom. The van der Waals surface area contributed by atoms with Crippen LogP contribution in [0, 0.1) is 0 Å². The summed E-state index contributed by atoms with van der Waals surface area (Å²) in [7, 11) is 5.74. The van der Waals surface area contributed by atoms with Gasteiger partial charge in [0.05, 0.1) is 48.8 Å². The van der Waals surface area contributed by atoms with Crippen LogP contribution in [-0.4, -0.2) is 103 Å². The van der Waals surface area contributed by atoms with Crippen LogP contribution in [0.25, 0.3) is 0 Å². The van der Waals surface area contributed by atoms with Crippen molar-refractivity contribution >= 4 is 92.1 Å². The number of methoxy groups -OCH3 is 2. The van der Waals surface area contributed by atoms with E-state index in [9.17, 15) is 29.1 Å². The van der Waals surface area contributed by atoms with E-state index in [1.54, 1.807) is 42.3 Å². The SMILES string of the molecule is C/C=N/OCC(=O)NC(CSSC(C)(C)CCC(=O)Nc1cc(COc2cc3c(cc2OC)C(=O)N2c4ccccc4C[C@H]2C=N3)cc(COc2cc3c(cc2OC)C(=O)N2c4ccccc4C[C@H]2CN3)c1)C(=O)O. The molecule has 0 spiro atoms. The van der Waals surface area contributed by atoms with Gasteiger partial charge in [-0.05, 0) is 98.3 Å². The number of benzene rings is 5. The predicted octanol–water partition coefficient (Wildman–Crippen LogP) is 8.62. The second-order valence-corrected chi connectivity index (χ2v) is 21.9. The lowest BCUT2D eigenvalue weighted by molar-refractivity contribution is -0.141. The molecule has 0 saturated carbocycles. The Hall–Kier alpha value is -7.71. The van der Waals surface area contributed by atoms with Crippen LogP contribution in [0.2, 0.25) is 0 Å². The molecule has 3 atom stereocenters. The van der Waals surface area contributed by atoms with E-state index in [2.05, 4.69) is 27.2 Å². The number of rotatable bonds is 21. The Labute approximate surface area is 441 Å². The molecule has 4 amide bonds. The first kappa shape index (κ1) is 52.2. The molecule has 390 valence electrons. The lowest BCUT2D eigenvalue weighted by atomic mass is 10.1. The molecule has 5 aromatic rings. The summed E-state index contributed by atoms with van der Waals surface area (Å²) in [6.45, 7) is 5.75. The smallest absolute Gasteiger partial charge is 0.327 e. The van der Waals surface area contributed by atoms with Crippen molar-refractivity contribution in [3.05, 3.63) is 124 Å². The van der Waals surface area contributed by atoms with Gasteiger partial charge in [0, 0.05) is 71.5 Å². The van der Waals surface area contributed by atoms with Crippen molar-refractivity contribution in [3.63, 3.8) is 0 Å². The summed E-state index contributed by atoms with van der Waals surface area (Å²) in [4.78, 5) is 79.2. The number of ether oxygens (including phenoxy) is 4. The van der Waals surface area contributed by atoms with Crippen molar-refractivity contribution < 1.29 is 52.9 Å². The summed E-state index contributed by atoms with van der Waals surface area (Å²) in [6, 6.07) is 26.7. The molecular formula is C55H57N7O11S2. The van der Waals surface area contributed by atoms with Crippen LogP contribution in [0.1, 0.15) is 76.6 Å². The molecule has 4 heterocycles. The van der Waals surface area contributed by atoms with E-state index < -0.39 is 29.3 Å². The molecule has 4 aliphatic heterocycles. The number of carboxylic acids is 1. The zero-order valence-corrected chi connectivity index (χ0v) is 43.7. The van der Waals surface area contributed by atoms with Gasteiger partial charge < -0.3 is 49.7 Å². The van der Waals surface area contributed by atoms with Crippen LogP contribution in [0.5, 0.6) is 23.0 Å². The zero-order chi connectivity index (χ0) is 52.8. The molecule has 0 aliphatic carbocycles. The number of oxime groups is 1. The number of carbonyl (C=O) groups excluding carboxylic acids is 4. The van der Waals surface area contributed by atoms with Crippen molar-refractivity contribution in [2.24, 2.45) is 10.1 Å². The van der Waals surface area contributed by atoms with Crippen LogP contribution in [0.4, 0.5) is 28.4 Å². The molecule has 0 saturated heterocycles. The van der Waals surface area contributed by atoms with E-state index in [1.807, 2.05) is 79.4 Å². The van der Waals surface area contributed by atoms with E-state index in [4.69, 9.17) is 28.8 Å². The number of anilines is 4. The first-order chi connectivity index (χ1) is 36.2. The van der Waals surface area contributed by atoms with Crippen molar-refractivity contribution in [1.82, 2.24) is 5.32 Å². The largest absolute Gasteiger partial charge is 0.493 e. The summed E-state index contributed by atoms with van der Waals surface area (Å²) in [5.74, 6) is -0.794. The molecule has 0 aromatic heterocycles. The van der Waals surface area contributed by atoms with Crippen molar-refractivity contribution in [1.29, 1.82) is 0 Å². The number of carbonyl (C=O) groups is 5. The van der Waals surface area contributed by atoms with Crippen LogP contribution in [0.15, 0.2) is 101 Å². The third kappa shape index (κ3) is 11.8. The fourth-order valence-corrected chi connectivity index (χ4v) is 12.2. The van der Waals surface area contributed by atoms with Crippen LogP contribution < -0.4 is 44.7 Å². The minimum absolute atomic E-state index is 0.0268. The Kier molecular flexibility index (Phi) is 15.9. The molecule has 75 heavy (non-hydrogen) atoms. The number of hydrogen-bond acceptors (Lipinski definition) is 15. The van der Waals surface area contributed by atoms with Crippen LogP contribution >= 0.6 is 21.6 Å². The summed E-state index contributed by atoms with van der Waals surface area (Å²) < 4.78 is 24.0. The van der Waals surface area contributed by atoms with Gasteiger partial charge in [0.15, 0.2) is 29.6 Å². The highest BCUT2D eigenvalue weighted by atomic mass is 33.1. The third-order valence-corrected chi connectivity index (χ3v) is 16.4. The first-order valence-electron chi connectivity index (χ1n) is 24.4. The number of carboxylic acid groups (broad SMARTS) is 1. The predicted molar refractivity (Wildman–Crippen MR) is 291 cm³/mol. The van der Waals surface area contributed by atoms with Gasteiger partial charge >= 0.3 is 5.97 Å². The molecule has 0 bridgehead atoms. The highest BCUT2D eigenvalue weighted by Gasteiger charge is 2.39. The first-order valence-corrected chi connectivity index (χ1v) is 26.7. The van der Waals surface area contributed by atoms with E-state index in [1.165, 1.54) is 42.0 Å². The highest BCUT2D eigenvalue weighted by Crippen LogP contribution is 2.44. The van der Waals surface area contributed by atoms with E-state index in [-0.39, 0.29) is 55.2 Å². The molecule has 18 nitrogen and oxygen atoms in total. The summed E-state index contributed by atoms with van der Waals surface area (Å²) in [6.07, 6.45) is 5.14. The number of aliphatic carboxylic acids is 1. The lowest BCUT2D eigenvalue weighted by Crippen LogP contribution is -2.43. The quantitative estimate of drug-likeness (QED) is 0.0307. The number of hydrogen-bond donors (Lipinski definition) is 4. The Bertz CT molecular complexity index is 3090. The summed E-state index contributed by atoms with van der Waals surface area (Å²) in [5, 5.41) is 22.2. The molecule has 20 heteroatoms. The Morgan fingerprint density at radius 2 is 1.48 bits per heavy atom. The minimum Gasteiger partial charge on any atom is -0.493 e. The van der Waals surface area contributed by atoms with Gasteiger partial charge in [-0.15, -0.1) is 0 Å². The molecule has 1 unspecified atom stereocenters. The normalized spacial score (nSPS) is 16.5. The zero-order valence-electron chi connectivity index (χ0n) is 42.0. The topological polar surface area (TPSA) is 219 Å². The number of amides is 4. The number of nitrogens with one attached hydrogen (secondary N) is 3. The highest BCUT2D eigenvalue weighted by molar-refractivity contribution is 8.77. The van der Waals surface area contributed by atoms with Gasteiger partial charge in [0.1, 0.15) is 19.3 Å². The standard InChI is InChI=1S/C55H57N7O11S2/c1-6-58-73-30-51(64)60-43(54(67)68)31-74-75-55(2,3)16-15-50(63)59-36-18-32(28-71-48-24-41-39(22-46(48)69-4)52(65)61-37(26-56-41)20-34-11-7-9-13-44(34)61)17-33(19-36)29-72-49-25-42-40(23-47(49)70-5)53(66)62-38(27-57-42)21-35-12-8-10-14-45(35)62/h6-14,17-19,22-26,37-38,43,57H,15-16,20-21,27-31H2,1-5H3,(H,59,63)(H,60,64)(H,67,68)/b58-6+/t37-,38-,43?/m0/s1. The summed E-state index contributed by atoms with van der Waals surface area (Å²) >= 11 is 0. The van der Waals surface area contributed by atoms with Gasteiger partial charge in [0.25, 0.3) is 17.7 Å². The van der Waals surface area contributed by atoms with E-state index in [0.717, 1.165) is 28.9 Å². The third-order valence-electron chi connectivity index (χ3n) is 13.1. The second kappa shape index (κ2) is 22.8. The van der Waals surface area contributed by atoms with Crippen LogP contribution in [0.3, 0.4) is 0 Å². The maximum absolute atomic E-state index is 14.1. The average Bonchev–Trinajstić information content (AvgIpc) is 3.89. The monoisotopic (exact) mass is 1060 g/mol. The minimum atomic E-state index is -1.18. The number of aliphatic imine (C=N–C) groups is 1. The second-order valence-electron chi connectivity index (χ2n) is 18.9. The van der Waals surface area contributed by atoms with Crippen LogP contribution in [-0.2, 0) is 45.3 Å². The van der Waals surface area contributed by atoms with Crippen molar-refractivity contribution in [3.8, 4) is 23.0 Å². The van der Waals surface area contributed by atoms with Gasteiger partial charge in [-0.2, -0.15) is 0 Å². The van der Waals surface area contributed by atoms with Crippen molar-refractivity contribution in [2.45, 2.75) is 82.5 Å². The number of fused-ring (bicyclic) bond motifs is 8. The molecule has 4 N–H and O–H groups in total. The van der Waals surface area contributed by atoms with Gasteiger partial charge in [-0.3, -0.25) is 29.1 Å². The number of para-hydroxylation sites is 2. The molecule has 0 radical (unpaired) electrons. The lowest BCUT2D eigenvalue weighted by Gasteiger charge is -2.24. The Morgan fingerprint density at radius 1 is 0.840 bits per heavy atom. The van der Waals surface area contributed by atoms with Crippen molar-refractivity contribution in [2.75, 3.05) is 53.6 Å². The molecule has 0 fully saturated rings.